The first-order valence-electron chi connectivity index (χ1n) is 12.0. The molecular formula is C27H27N9. The fourth-order valence-corrected chi connectivity index (χ4v) is 4.68. The van der Waals surface area contributed by atoms with Crippen LogP contribution in [0.1, 0.15) is 0 Å². The molecule has 0 fully saturated rings. The molecular weight excluding hydrogens is 450 g/mol. The Hall–Kier alpha value is -4.92. The number of rotatable bonds is 0. The van der Waals surface area contributed by atoms with Crippen molar-refractivity contribution in [3.05, 3.63) is 106 Å². The lowest BCUT2D eigenvalue weighted by atomic mass is 10.5. The van der Waals surface area contributed by atoms with Gasteiger partial charge in [-0.05, 0) is 36.4 Å². The molecule has 0 saturated carbocycles. The fourth-order valence-electron chi connectivity index (χ4n) is 4.68. The smallest absolute Gasteiger partial charge is 0.0979 e. The third-order valence-electron chi connectivity index (χ3n) is 6.35. The highest BCUT2D eigenvalue weighted by Crippen LogP contribution is 2.09. The zero-order valence-corrected chi connectivity index (χ0v) is 19.7. The molecule has 9 heteroatoms. The van der Waals surface area contributed by atoms with Crippen molar-refractivity contribution in [3.8, 4) is 0 Å². The van der Waals surface area contributed by atoms with E-state index in [0.29, 0.717) is 0 Å². The Balaban J connectivity index is 1.24. The van der Waals surface area contributed by atoms with Gasteiger partial charge >= 0.3 is 0 Å². The minimum Gasteiger partial charge on any atom is -0.353 e. The highest BCUT2D eigenvalue weighted by molar-refractivity contribution is 5.33. The third-order valence-corrected chi connectivity index (χ3v) is 6.35. The summed E-state index contributed by atoms with van der Waals surface area (Å²) >= 11 is 0. The van der Waals surface area contributed by atoms with Crippen LogP contribution in [0.5, 0.6) is 0 Å². The van der Waals surface area contributed by atoms with Crippen molar-refractivity contribution in [1.29, 1.82) is 0 Å². The minimum absolute atomic E-state index is 0.759. The predicted molar refractivity (Wildman–Crippen MR) is 140 cm³/mol. The van der Waals surface area contributed by atoms with Gasteiger partial charge in [0.1, 0.15) is 0 Å². The molecule has 0 saturated heterocycles. The molecule has 0 atom stereocenters. The average molecular weight is 478 g/mol. The molecule has 0 unspecified atom stereocenters. The number of H-pyrrole nitrogens is 3. The number of aromatic nitrogens is 3. The quantitative estimate of drug-likeness (QED) is 0.372. The maximum atomic E-state index is 3.49. The van der Waals surface area contributed by atoms with E-state index < -0.39 is 0 Å². The van der Waals surface area contributed by atoms with Crippen molar-refractivity contribution >= 4 is 37.2 Å². The zero-order chi connectivity index (χ0) is 23.9. The topological polar surface area (TPSA) is 66.8 Å². The summed E-state index contributed by atoms with van der Waals surface area (Å²) in [7, 11) is 0. The van der Waals surface area contributed by atoms with Crippen LogP contribution in [-0.2, 0) is 0 Å². The predicted octanol–water partition coefficient (Wildman–Crippen LogP) is -1.35. The van der Waals surface area contributed by atoms with E-state index in [9.17, 15) is 0 Å². The first kappa shape index (κ1) is 20.5. The molecule has 0 spiro atoms. The standard InChI is InChI=1S/C27H27N9/c1-2-23-14-32-9-10-34(20-32)16-25-5-6-27(30-25)18-36-12-11-35(21-36)17-26-4-3-24(29-26)15-33-8-7-31(19-33)13-22(1)28-23/h1-18,28-30H,19-21H2/b22-13-,23-14-,24-15-,25-16-,26-17-,27-18+. The molecule has 4 aliphatic rings. The second-order valence-corrected chi connectivity index (χ2v) is 9.29. The number of nitrogens with zero attached hydrogens (tertiary/aromatic N) is 6. The van der Waals surface area contributed by atoms with Gasteiger partial charge in [-0.1, -0.05) is 0 Å². The van der Waals surface area contributed by atoms with E-state index in [4.69, 9.17) is 0 Å². The summed E-state index contributed by atoms with van der Waals surface area (Å²) in [5.74, 6) is 0. The van der Waals surface area contributed by atoms with Gasteiger partial charge < -0.3 is 44.4 Å². The van der Waals surface area contributed by atoms with Crippen molar-refractivity contribution < 1.29 is 0 Å². The molecule has 7 heterocycles. The molecule has 0 aliphatic carbocycles. The molecule has 3 aromatic heterocycles. The summed E-state index contributed by atoms with van der Waals surface area (Å²) in [4.78, 5) is 23.5. The summed E-state index contributed by atoms with van der Waals surface area (Å²) in [6, 6.07) is 12.6. The van der Waals surface area contributed by atoms with E-state index in [1.807, 2.05) is 0 Å². The number of hydrogen-bond acceptors (Lipinski definition) is 6. The van der Waals surface area contributed by atoms with E-state index in [1.54, 1.807) is 0 Å². The van der Waals surface area contributed by atoms with Gasteiger partial charge in [-0.3, -0.25) is 0 Å². The van der Waals surface area contributed by atoms with Gasteiger partial charge in [0.2, 0.25) is 0 Å². The van der Waals surface area contributed by atoms with Crippen molar-refractivity contribution in [2.24, 2.45) is 0 Å². The molecule has 0 aromatic carbocycles. The maximum Gasteiger partial charge on any atom is 0.0979 e. The lowest BCUT2D eigenvalue weighted by Gasteiger charge is -2.14. The number of hydrogen-bond donors (Lipinski definition) is 3. The van der Waals surface area contributed by atoms with Crippen molar-refractivity contribution in [2.45, 2.75) is 0 Å². The van der Waals surface area contributed by atoms with E-state index in [-0.39, 0.29) is 0 Å². The Bertz CT molecular complexity index is 1410. The Kier molecular flexibility index (Phi) is 4.76. The molecule has 3 aromatic rings. The Morgan fingerprint density at radius 1 is 0.333 bits per heavy atom. The second kappa shape index (κ2) is 8.38. The molecule has 7 rings (SSSR count). The van der Waals surface area contributed by atoms with Crippen LogP contribution in [0.3, 0.4) is 0 Å². The Morgan fingerprint density at radius 3 is 0.722 bits per heavy atom. The Morgan fingerprint density at radius 2 is 0.528 bits per heavy atom. The van der Waals surface area contributed by atoms with E-state index in [0.717, 1.165) is 52.1 Å². The van der Waals surface area contributed by atoms with E-state index >= 15 is 0 Å². The second-order valence-electron chi connectivity index (χ2n) is 9.29. The molecule has 36 heavy (non-hydrogen) atoms. The van der Waals surface area contributed by atoms with Gasteiger partial charge in [0.25, 0.3) is 0 Å². The van der Waals surface area contributed by atoms with Crippen molar-refractivity contribution in [3.63, 3.8) is 0 Å². The van der Waals surface area contributed by atoms with Crippen LogP contribution in [0, 0.1) is 0 Å². The minimum atomic E-state index is 0.759. The largest absolute Gasteiger partial charge is 0.353 e. The maximum absolute atomic E-state index is 3.49. The molecule has 0 radical (unpaired) electrons. The van der Waals surface area contributed by atoms with E-state index in [2.05, 4.69) is 155 Å². The summed E-state index contributed by atoms with van der Waals surface area (Å²) in [5, 5.41) is 6.38. The van der Waals surface area contributed by atoms with Gasteiger partial charge in [-0.15, -0.1) is 0 Å². The number of fused-ring (bicyclic) bond motifs is 12. The van der Waals surface area contributed by atoms with Crippen LogP contribution in [0.25, 0.3) is 37.2 Å². The SMILES string of the molecule is C1=CN2/C=c3/cc/c([nH]3)=C/N3C=CN(/C=c4\cc/c([nH]4)=C/N4C=CN(/C=c5/cc/c([nH]5)=C/N1C2)C4)C3. The van der Waals surface area contributed by atoms with Gasteiger partial charge in [-0.25, -0.2) is 0 Å². The highest BCUT2D eigenvalue weighted by atomic mass is 15.3. The van der Waals surface area contributed by atoms with Gasteiger partial charge in [-0.2, -0.15) is 0 Å². The average Bonchev–Trinajstić information content (AvgIpc) is 3.68. The molecule has 4 aliphatic heterocycles. The molecule has 180 valence electrons. The molecule has 9 nitrogen and oxygen atoms in total. The van der Waals surface area contributed by atoms with Gasteiger partial charge in [0.15, 0.2) is 0 Å². The molecule has 0 amide bonds. The first-order chi connectivity index (χ1) is 17.7. The first-order valence-corrected chi connectivity index (χ1v) is 12.0. The monoisotopic (exact) mass is 477 g/mol. The highest BCUT2D eigenvalue weighted by Gasteiger charge is 2.10. The van der Waals surface area contributed by atoms with Gasteiger partial charge in [0, 0.05) is 74.4 Å². The summed E-state index contributed by atoms with van der Waals surface area (Å²) in [5.41, 5.74) is 0. The fraction of sp³-hybridized carbons (Fsp3) is 0.111. The summed E-state index contributed by atoms with van der Waals surface area (Å²) in [6.07, 6.45) is 25.3. The molecule has 3 N–H and O–H groups in total. The van der Waals surface area contributed by atoms with Gasteiger partial charge in [0.05, 0.1) is 52.1 Å². The van der Waals surface area contributed by atoms with E-state index in [1.165, 1.54) is 0 Å². The number of nitrogens with one attached hydrogen (secondary N) is 3. The van der Waals surface area contributed by atoms with Crippen LogP contribution in [0.15, 0.2) is 73.6 Å². The van der Waals surface area contributed by atoms with Crippen molar-refractivity contribution in [1.82, 2.24) is 44.4 Å². The van der Waals surface area contributed by atoms with Crippen LogP contribution >= 0.6 is 0 Å². The van der Waals surface area contributed by atoms with Crippen LogP contribution in [0.2, 0.25) is 0 Å². The zero-order valence-electron chi connectivity index (χ0n) is 19.7. The summed E-state index contributed by atoms with van der Waals surface area (Å²) in [6.45, 7) is 2.28. The summed E-state index contributed by atoms with van der Waals surface area (Å²) < 4.78 is 0. The Labute approximate surface area is 207 Å². The number of aromatic amines is 3. The van der Waals surface area contributed by atoms with Crippen LogP contribution in [0.4, 0.5) is 0 Å². The third kappa shape index (κ3) is 4.29. The lowest BCUT2D eigenvalue weighted by molar-refractivity contribution is 0.435. The molecule has 12 bridgehead atoms. The van der Waals surface area contributed by atoms with Crippen molar-refractivity contribution in [2.75, 3.05) is 20.0 Å². The van der Waals surface area contributed by atoms with Crippen LogP contribution < -0.4 is 32.1 Å². The lowest BCUT2D eigenvalue weighted by Crippen LogP contribution is -2.25. The van der Waals surface area contributed by atoms with Crippen LogP contribution in [-0.4, -0.2) is 64.4 Å². The normalized spacial score (nSPS) is 24.0.